The van der Waals surface area contributed by atoms with Crippen LogP contribution in [0.15, 0.2) is 0 Å². The average molecular weight is 259 g/mol. The van der Waals surface area contributed by atoms with Crippen molar-refractivity contribution < 1.29 is 19.1 Å². The van der Waals surface area contributed by atoms with E-state index < -0.39 is 12.2 Å². The zero-order valence-corrected chi connectivity index (χ0v) is 10.8. The molecule has 1 heterocycles. The maximum absolute atomic E-state index is 11.3. The lowest BCUT2D eigenvalue weighted by Crippen LogP contribution is -2.55. The normalized spacial score (nSPS) is 23.0. The standard InChI is InChI=1S/C11H21N3O4/c1-3-17-10(15)13-8-5-9(7-12-6-8)14-11(16)18-4-2/h8-9,12H,3-7H2,1-2H3,(H,13,15)(H,14,16)/t8-,9+. The number of carbonyl (C=O) groups excluding carboxylic acids is 2. The molecule has 0 aromatic heterocycles. The fourth-order valence-corrected chi connectivity index (χ4v) is 1.84. The number of ether oxygens (including phenoxy) is 2. The van der Waals surface area contributed by atoms with E-state index in [1.807, 2.05) is 0 Å². The van der Waals surface area contributed by atoms with E-state index in [2.05, 4.69) is 16.0 Å². The van der Waals surface area contributed by atoms with Gasteiger partial charge in [-0.3, -0.25) is 0 Å². The van der Waals surface area contributed by atoms with Crippen molar-refractivity contribution in [2.24, 2.45) is 0 Å². The Kier molecular flexibility index (Phi) is 6.27. The van der Waals surface area contributed by atoms with Crippen LogP contribution in [0.3, 0.4) is 0 Å². The van der Waals surface area contributed by atoms with Crippen LogP contribution in [-0.2, 0) is 9.47 Å². The van der Waals surface area contributed by atoms with Gasteiger partial charge in [-0.05, 0) is 20.3 Å². The van der Waals surface area contributed by atoms with Crippen LogP contribution >= 0.6 is 0 Å². The number of nitrogens with one attached hydrogen (secondary N) is 3. The molecule has 0 aromatic carbocycles. The highest BCUT2D eigenvalue weighted by Crippen LogP contribution is 2.04. The number of piperidine rings is 1. The molecule has 104 valence electrons. The van der Waals surface area contributed by atoms with Crippen LogP contribution in [0.25, 0.3) is 0 Å². The smallest absolute Gasteiger partial charge is 0.407 e. The molecule has 0 bridgehead atoms. The molecule has 0 radical (unpaired) electrons. The van der Waals surface area contributed by atoms with Crippen molar-refractivity contribution in [1.29, 1.82) is 0 Å². The van der Waals surface area contributed by atoms with Crippen molar-refractivity contribution in [3.8, 4) is 0 Å². The van der Waals surface area contributed by atoms with E-state index in [9.17, 15) is 9.59 Å². The molecular weight excluding hydrogens is 238 g/mol. The predicted molar refractivity (Wildman–Crippen MR) is 65.4 cm³/mol. The Morgan fingerprint density at radius 2 is 1.50 bits per heavy atom. The Balaban J connectivity index is 2.31. The lowest BCUT2D eigenvalue weighted by Gasteiger charge is -2.30. The Morgan fingerprint density at radius 3 is 1.89 bits per heavy atom. The first-order valence-electron chi connectivity index (χ1n) is 6.23. The minimum Gasteiger partial charge on any atom is -0.450 e. The summed E-state index contributed by atoms with van der Waals surface area (Å²) in [5.74, 6) is 0. The van der Waals surface area contributed by atoms with E-state index in [0.717, 1.165) is 0 Å². The predicted octanol–water partition coefficient (Wildman–Crippen LogP) is 0.209. The first-order valence-corrected chi connectivity index (χ1v) is 6.23. The summed E-state index contributed by atoms with van der Waals surface area (Å²) in [6.07, 6.45) is -0.202. The van der Waals surface area contributed by atoms with Crippen LogP contribution in [0.4, 0.5) is 9.59 Å². The Hall–Kier alpha value is -1.50. The molecule has 0 aromatic rings. The molecule has 0 aliphatic carbocycles. The van der Waals surface area contributed by atoms with Gasteiger partial charge in [-0.15, -0.1) is 0 Å². The number of carbonyl (C=O) groups is 2. The van der Waals surface area contributed by atoms with Gasteiger partial charge in [0.25, 0.3) is 0 Å². The first kappa shape index (κ1) is 14.6. The molecule has 1 aliphatic heterocycles. The second-order valence-electron chi connectivity index (χ2n) is 4.02. The topological polar surface area (TPSA) is 88.7 Å². The summed E-state index contributed by atoms with van der Waals surface area (Å²) < 4.78 is 9.62. The van der Waals surface area contributed by atoms with Gasteiger partial charge < -0.3 is 25.4 Å². The summed E-state index contributed by atoms with van der Waals surface area (Å²) in [6, 6.07) is -0.102. The summed E-state index contributed by atoms with van der Waals surface area (Å²) in [5.41, 5.74) is 0. The zero-order valence-electron chi connectivity index (χ0n) is 10.8. The van der Waals surface area contributed by atoms with Crippen molar-refractivity contribution in [2.45, 2.75) is 32.4 Å². The highest BCUT2D eigenvalue weighted by Gasteiger charge is 2.24. The van der Waals surface area contributed by atoms with Crippen molar-refractivity contribution in [2.75, 3.05) is 26.3 Å². The lowest BCUT2D eigenvalue weighted by molar-refractivity contribution is 0.138. The molecule has 18 heavy (non-hydrogen) atoms. The Morgan fingerprint density at radius 1 is 1.06 bits per heavy atom. The molecule has 7 nitrogen and oxygen atoms in total. The molecule has 1 saturated heterocycles. The molecule has 2 atom stereocenters. The number of alkyl carbamates (subject to hydrolysis) is 2. The summed E-state index contributed by atoms with van der Waals surface area (Å²) in [6.45, 7) is 5.53. The van der Waals surface area contributed by atoms with Crippen LogP contribution in [-0.4, -0.2) is 50.6 Å². The third-order valence-corrected chi connectivity index (χ3v) is 2.55. The minimum absolute atomic E-state index is 0.0512. The Bertz CT molecular complexity index is 259. The second-order valence-corrected chi connectivity index (χ2v) is 4.02. The molecule has 7 heteroatoms. The largest absolute Gasteiger partial charge is 0.450 e. The van der Waals surface area contributed by atoms with Gasteiger partial charge in [0.2, 0.25) is 0 Å². The fourth-order valence-electron chi connectivity index (χ4n) is 1.84. The maximum Gasteiger partial charge on any atom is 0.407 e. The number of amides is 2. The highest BCUT2D eigenvalue weighted by molar-refractivity contribution is 5.68. The summed E-state index contributed by atoms with van der Waals surface area (Å²) in [7, 11) is 0. The van der Waals surface area contributed by atoms with E-state index in [1.54, 1.807) is 13.8 Å². The number of rotatable bonds is 4. The molecular formula is C11H21N3O4. The molecule has 2 amide bonds. The van der Waals surface area contributed by atoms with E-state index in [0.29, 0.717) is 32.7 Å². The van der Waals surface area contributed by atoms with Crippen molar-refractivity contribution in [3.63, 3.8) is 0 Å². The fraction of sp³-hybridized carbons (Fsp3) is 0.818. The van der Waals surface area contributed by atoms with E-state index >= 15 is 0 Å². The zero-order chi connectivity index (χ0) is 13.4. The van der Waals surface area contributed by atoms with Gasteiger partial charge in [-0.1, -0.05) is 0 Å². The van der Waals surface area contributed by atoms with Crippen molar-refractivity contribution in [3.05, 3.63) is 0 Å². The third kappa shape index (κ3) is 5.22. The highest BCUT2D eigenvalue weighted by atomic mass is 16.6. The summed E-state index contributed by atoms with van der Waals surface area (Å²) in [4.78, 5) is 22.5. The SMILES string of the molecule is CCOC(=O)N[C@@H]1CNC[C@H](NC(=O)OCC)C1. The maximum atomic E-state index is 11.3. The van der Waals surface area contributed by atoms with Crippen LogP contribution in [0, 0.1) is 0 Å². The quantitative estimate of drug-likeness (QED) is 0.671. The van der Waals surface area contributed by atoms with Gasteiger partial charge in [0.05, 0.1) is 13.2 Å². The minimum atomic E-state index is -0.430. The van der Waals surface area contributed by atoms with Crippen molar-refractivity contribution in [1.82, 2.24) is 16.0 Å². The molecule has 0 spiro atoms. The van der Waals surface area contributed by atoms with Gasteiger partial charge in [0.15, 0.2) is 0 Å². The van der Waals surface area contributed by atoms with Gasteiger partial charge in [-0.2, -0.15) is 0 Å². The summed E-state index contributed by atoms with van der Waals surface area (Å²) in [5, 5.41) is 8.62. The molecule has 1 fully saturated rings. The van der Waals surface area contributed by atoms with E-state index in [1.165, 1.54) is 0 Å². The molecule has 0 unspecified atom stereocenters. The van der Waals surface area contributed by atoms with Gasteiger partial charge >= 0.3 is 12.2 Å². The van der Waals surface area contributed by atoms with Crippen LogP contribution in [0.5, 0.6) is 0 Å². The second kappa shape index (κ2) is 7.75. The number of hydrogen-bond donors (Lipinski definition) is 3. The number of hydrogen-bond acceptors (Lipinski definition) is 5. The molecule has 1 rings (SSSR count). The monoisotopic (exact) mass is 259 g/mol. The molecule has 0 saturated carbocycles. The van der Waals surface area contributed by atoms with Crippen LogP contribution in [0.2, 0.25) is 0 Å². The molecule has 3 N–H and O–H groups in total. The third-order valence-electron chi connectivity index (χ3n) is 2.55. The molecule has 1 aliphatic rings. The Labute approximate surface area is 107 Å². The summed E-state index contributed by atoms with van der Waals surface area (Å²) >= 11 is 0. The van der Waals surface area contributed by atoms with Gasteiger partial charge in [0, 0.05) is 25.2 Å². The van der Waals surface area contributed by atoms with Gasteiger partial charge in [-0.25, -0.2) is 9.59 Å². The van der Waals surface area contributed by atoms with Gasteiger partial charge in [0.1, 0.15) is 0 Å². The first-order chi connectivity index (χ1) is 8.65. The average Bonchev–Trinajstić information content (AvgIpc) is 2.29. The van der Waals surface area contributed by atoms with E-state index in [4.69, 9.17) is 9.47 Å². The van der Waals surface area contributed by atoms with E-state index in [-0.39, 0.29) is 12.1 Å². The lowest BCUT2D eigenvalue weighted by atomic mass is 10.0. The van der Waals surface area contributed by atoms with Crippen LogP contribution in [0.1, 0.15) is 20.3 Å². The van der Waals surface area contributed by atoms with Crippen molar-refractivity contribution >= 4 is 12.2 Å². The van der Waals surface area contributed by atoms with Crippen LogP contribution < -0.4 is 16.0 Å².